The summed E-state index contributed by atoms with van der Waals surface area (Å²) >= 11 is 5.13. The summed E-state index contributed by atoms with van der Waals surface area (Å²) in [5, 5.41) is 0. The van der Waals surface area contributed by atoms with Gasteiger partial charge in [-0.25, -0.2) is 0 Å². The Bertz CT molecular complexity index is 808. The maximum atomic E-state index is 12.3. The van der Waals surface area contributed by atoms with Gasteiger partial charge in [0.1, 0.15) is 0 Å². The highest BCUT2D eigenvalue weighted by molar-refractivity contribution is 7.71. The quantitative estimate of drug-likeness (QED) is 0.845. The number of fused-ring (bicyclic) bond motifs is 1. The average molecular weight is 328 g/mol. The van der Waals surface area contributed by atoms with Crippen molar-refractivity contribution in [3.63, 3.8) is 0 Å². The molecule has 1 aromatic heterocycles. The largest absolute Gasteiger partial charge is 0.369 e. The SMILES string of the molecule is O=c1[nH]c(=S)[nH]c2c1[C@H](C1CC1)O[C@H](CCc1ccccc1)C2. The Balaban J connectivity index is 1.57. The summed E-state index contributed by atoms with van der Waals surface area (Å²) in [4.78, 5) is 18.2. The van der Waals surface area contributed by atoms with Gasteiger partial charge in [-0.05, 0) is 49.4 Å². The molecule has 0 radical (unpaired) electrons. The zero-order valence-electron chi connectivity index (χ0n) is 12.9. The molecule has 23 heavy (non-hydrogen) atoms. The Kier molecular flexibility index (Phi) is 3.91. The predicted molar refractivity (Wildman–Crippen MR) is 91.1 cm³/mol. The fourth-order valence-electron chi connectivity index (χ4n) is 3.44. The van der Waals surface area contributed by atoms with Crippen molar-refractivity contribution in [2.24, 2.45) is 5.92 Å². The van der Waals surface area contributed by atoms with Crippen molar-refractivity contribution >= 4 is 12.2 Å². The number of aromatic amines is 2. The Morgan fingerprint density at radius 1 is 1.17 bits per heavy atom. The number of hydrogen-bond acceptors (Lipinski definition) is 3. The lowest BCUT2D eigenvalue weighted by Gasteiger charge is -2.31. The molecule has 1 fully saturated rings. The second kappa shape index (κ2) is 6.06. The van der Waals surface area contributed by atoms with E-state index in [1.165, 1.54) is 5.56 Å². The number of hydrogen-bond donors (Lipinski definition) is 2. The highest BCUT2D eigenvalue weighted by Crippen LogP contribution is 2.46. The van der Waals surface area contributed by atoms with Crippen molar-refractivity contribution in [2.45, 2.75) is 44.3 Å². The van der Waals surface area contributed by atoms with Crippen molar-refractivity contribution in [1.29, 1.82) is 0 Å². The molecule has 1 saturated carbocycles. The summed E-state index contributed by atoms with van der Waals surface area (Å²) in [5.41, 5.74) is 2.99. The molecule has 0 spiro atoms. The molecule has 2 aromatic rings. The van der Waals surface area contributed by atoms with Crippen LogP contribution in [0.3, 0.4) is 0 Å². The third-order valence-electron chi connectivity index (χ3n) is 4.76. The van der Waals surface area contributed by atoms with E-state index in [2.05, 4.69) is 34.2 Å². The molecule has 2 N–H and O–H groups in total. The number of aromatic nitrogens is 2. The van der Waals surface area contributed by atoms with Crippen molar-refractivity contribution in [2.75, 3.05) is 0 Å². The van der Waals surface area contributed by atoms with E-state index in [1.54, 1.807) is 0 Å². The first-order chi connectivity index (χ1) is 11.2. The first-order valence-electron chi connectivity index (χ1n) is 8.25. The van der Waals surface area contributed by atoms with Gasteiger partial charge in [0.2, 0.25) is 0 Å². The Hall–Kier alpha value is -1.72. The summed E-state index contributed by atoms with van der Waals surface area (Å²) in [6.45, 7) is 0. The van der Waals surface area contributed by atoms with Crippen LogP contribution in [-0.2, 0) is 17.6 Å². The van der Waals surface area contributed by atoms with E-state index < -0.39 is 0 Å². The fraction of sp³-hybridized carbons (Fsp3) is 0.444. The lowest BCUT2D eigenvalue weighted by molar-refractivity contribution is -0.0428. The van der Waals surface area contributed by atoms with Crippen LogP contribution in [0.25, 0.3) is 0 Å². The van der Waals surface area contributed by atoms with Crippen LogP contribution < -0.4 is 5.56 Å². The van der Waals surface area contributed by atoms with Gasteiger partial charge >= 0.3 is 0 Å². The molecule has 2 heterocycles. The van der Waals surface area contributed by atoms with Crippen LogP contribution in [0.4, 0.5) is 0 Å². The van der Waals surface area contributed by atoms with E-state index in [0.29, 0.717) is 10.7 Å². The van der Waals surface area contributed by atoms with E-state index >= 15 is 0 Å². The van der Waals surface area contributed by atoms with Gasteiger partial charge in [0.15, 0.2) is 4.77 Å². The van der Waals surface area contributed by atoms with E-state index in [4.69, 9.17) is 17.0 Å². The molecule has 0 amide bonds. The van der Waals surface area contributed by atoms with Crippen LogP contribution in [0, 0.1) is 10.7 Å². The van der Waals surface area contributed by atoms with Crippen molar-refractivity contribution in [1.82, 2.24) is 9.97 Å². The standard InChI is InChI=1S/C18H20N2O2S/c21-17-15-14(19-18(23)20-17)10-13(22-16(15)12-7-8-12)9-6-11-4-2-1-3-5-11/h1-5,12-13,16H,6-10H2,(H2,19,20,21,23)/t13-,16+/m1/s1. The molecule has 1 aliphatic carbocycles. The minimum atomic E-state index is -0.0813. The first kappa shape index (κ1) is 14.8. The summed E-state index contributed by atoms with van der Waals surface area (Å²) < 4.78 is 6.71. The smallest absolute Gasteiger partial charge is 0.257 e. The lowest BCUT2D eigenvalue weighted by atomic mass is 9.94. The Labute approximate surface area is 139 Å². The van der Waals surface area contributed by atoms with E-state index in [1.807, 2.05) is 6.07 Å². The molecule has 2 atom stereocenters. The maximum Gasteiger partial charge on any atom is 0.257 e. The van der Waals surface area contributed by atoms with Gasteiger partial charge in [-0.3, -0.25) is 9.78 Å². The van der Waals surface area contributed by atoms with Gasteiger partial charge < -0.3 is 9.72 Å². The number of ether oxygens (including phenoxy) is 1. The molecular weight excluding hydrogens is 308 g/mol. The summed E-state index contributed by atoms with van der Waals surface area (Å²) in [6, 6.07) is 10.5. The molecule has 1 aliphatic heterocycles. The van der Waals surface area contributed by atoms with E-state index in [-0.39, 0.29) is 17.8 Å². The average Bonchev–Trinajstić information content (AvgIpc) is 3.37. The second-order valence-corrected chi connectivity index (χ2v) is 6.95. The van der Waals surface area contributed by atoms with Crippen LogP contribution in [0.2, 0.25) is 0 Å². The zero-order chi connectivity index (χ0) is 15.8. The number of H-pyrrole nitrogens is 2. The highest BCUT2D eigenvalue weighted by atomic mass is 32.1. The van der Waals surface area contributed by atoms with Crippen LogP contribution in [0.1, 0.15) is 42.2 Å². The molecule has 0 bridgehead atoms. The predicted octanol–water partition coefficient (Wildman–Crippen LogP) is 3.46. The summed E-state index contributed by atoms with van der Waals surface area (Å²) in [7, 11) is 0. The Morgan fingerprint density at radius 2 is 1.96 bits per heavy atom. The third-order valence-corrected chi connectivity index (χ3v) is 4.97. The van der Waals surface area contributed by atoms with Gasteiger partial charge in [-0.1, -0.05) is 30.3 Å². The first-order valence-corrected chi connectivity index (χ1v) is 8.66. The van der Waals surface area contributed by atoms with Crippen LogP contribution >= 0.6 is 12.2 Å². The van der Waals surface area contributed by atoms with Gasteiger partial charge in [0.05, 0.1) is 17.8 Å². The number of rotatable bonds is 4. The molecule has 4 nitrogen and oxygen atoms in total. The number of benzene rings is 1. The molecule has 120 valence electrons. The van der Waals surface area contributed by atoms with Crippen LogP contribution in [0.15, 0.2) is 35.1 Å². The van der Waals surface area contributed by atoms with E-state index in [9.17, 15) is 4.79 Å². The maximum absolute atomic E-state index is 12.3. The molecular formula is C18H20N2O2S. The minimum Gasteiger partial charge on any atom is -0.369 e. The number of aryl methyl sites for hydroxylation is 1. The van der Waals surface area contributed by atoms with Crippen LogP contribution in [-0.4, -0.2) is 16.1 Å². The molecule has 0 saturated heterocycles. The number of nitrogens with one attached hydrogen (secondary N) is 2. The fourth-order valence-corrected chi connectivity index (χ4v) is 3.66. The molecule has 1 aromatic carbocycles. The van der Waals surface area contributed by atoms with Gasteiger partial charge in [-0.15, -0.1) is 0 Å². The van der Waals surface area contributed by atoms with Crippen LogP contribution in [0.5, 0.6) is 0 Å². The zero-order valence-corrected chi connectivity index (χ0v) is 13.7. The van der Waals surface area contributed by atoms with Gasteiger partial charge in [0, 0.05) is 12.1 Å². The summed E-state index contributed by atoms with van der Waals surface area (Å²) in [5.74, 6) is 0.485. The lowest BCUT2D eigenvalue weighted by Crippen LogP contribution is -2.34. The van der Waals surface area contributed by atoms with Gasteiger partial charge in [0.25, 0.3) is 5.56 Å². The highest BCUT2D eigenvalue weighted by Gasteiger charge is 2.40. The van der Waals surface area contributed by atoms with Gasteiger partial charge in [-0.2, -0.15) is 0 Å². The van der Waals surface area contributed by atoms with E-state index in [0.717, 1.165) is 43.4 Å². The second-order valence-electron chi connectivity index (χ2n) is 6.54. The molecule has 5 heteroatoms. The molecule has 0 unspecified atom stereocenters. The molecule has 4 rings (SSSR count). The monoisotopic (exact) mass is 328 g/mol. The minimum absolute atomic E-state index is 0.0740. The topological polar surface area (TPSA) is 57.9 Å². The third kappa shape index (κ3) is 3.16. The molecule has 2 aliphatic rings. The normalized spacial score (nSPS) is 23.5. The van der Waals surface area contributed by atoms with Crippen molar-refractivity contribution < 1.29 is 4.74 Å². The summed E-state index contributed by atoms with van der Waals surface area (Å²) in [6.07, 6.45) is 5.03. The Morgan fingerprint density at radius 3 is 2.70 bits per heavy atom. The van der Waals surface area contributed by atoms with Crippen molar-refractivity contribution in [3.8, 4) is 0 Å². The van der Waals surface area contributed by atoms with Crippen molar-refractivity contribution in [3.05, 3.63) is 62.3 Å².